The second-order valence-electron chi connectivity index (χ2n) is 5.11. The molecule has 2 fully saturated rings. The van der Waals surface area contributed by atoms with Crippen molar-refractivity contribution in [1.82, 2.24) is 10.2 Å². The number of hydrogen-bond donors (Lipinski definition) is 1. The molecule has 1 N–H and O–H groups in total. The van der Waals surface area contributed by atoms with Crippen LogP contribution in [0.25, 0.3) is 0 Å². The maximum absolute atomic E-state index is 12.3. The lowest BCUT2D eigenvalue weighted by atomic mass is 9.86. The number of amides is 1. The number of nitriles is 1. The number of carbonyl (C=O) groups excluding carboxylic acids is 1. The molecule has 1 aromatic rings. The highest BCUT2D eigenvalue weighted by Gasteiger charge is 2.33. The van der Waals surface area contributed by atoms with Crippen molar-refractivity contribution in [3.63, 3.8) is 0 Å². The largest absolute Gasteiger partial charge is 0.440 e. The third-order valence-electron chi connectivity index (χ3n) is 3.70. The van der Waals surface area contributed by atoms with E-state index in [1.165, 1.54) is 6.42 Å². The summed E-state index contributed by atoms with van der Waals surface area (Å²) in [5.74, 6) is 1.48. The highest BCUT2D eigenvalue weighted by Crippen LogP contribution is 2.25. The second kappa shape index (κ2) is 4.46. The lowest BCUT2D eigenvalue weighted by Gasteiger charge is -2.41. The highest BCUT2D eigenvalue weighted by molar-refractivity contribution is 5.91. The van der Waals surface area contributed by atoms with Gasteiger partial charge in [-0.1, -0.05) is 0 Å². The summed E-state index contributed by atoms with van der Waals surface area (Å²) in [6, 6.07) is 5.03. The molecule has 18 heavy (non-hydrogen) atoms. The monoisotopic (exact) mass is 245 g/mol. The molecule has 5 heteroatoms. The average molecular weight is 245 g/mol. The van der Waals surface area contributed by atoms with Crippen molar-refractivity contribution in [2.45, 2.75) is 6.42 Å². The number of furan rings is 1. The Labute approximate surface area is 105 Å². The van der Waals surface area contributed by atoms with Gasteiger partial charge in [0.05, 0.1) is 0 Å². The minimum atomic E-state index is -0.0897. The Morgan fingerprint density at radius 2 is 2.11 bits per heavy atom. The van der Waals surface area contributed by atoms with E-state index in [1.807, 2.05) is 11.0 Å². The van der Waals surface area contributed by atoms with Crippen LogP contribution in [0.3, 0.4) is 0 Å². The second-order valence-corrected chi connectivity index (χ2v) is 5.11. The third kappa shape index (κ3) is 2.00. The number of nitrogens with one attached hydrogen (secondary N) is 1. The van der Waals surface area contributed by atoms with Gasteiger partial charge in [0.2, 0.25) is 5.76 Å². The normalized spacial score (nSPS) is 26.7. The minimum Gasteiger partial charge on any atom is -0.440 e. The Balaban J connectivity index is 1.74. The van der Waals surface area contributed by atoms with Crippen LogP contribution in [0.4, 0.5) is 0 Å². The maximum Gasteiger partial charge on any atom is 0.289 e. The third-order valence-corrected chi connectivity index (χ3v) is 3.70. The number of piperidine rings is 2. The predicted octanol–water partition coefficient (Wildman–Crippen LogP) is 0.833. The summed E-state index contributed by atoms with van der Waals surface area (Å²) in [4.78, 5) is 14.1. The lowest BCUT2D eigenvalue weighted by molar-refractivity contribution is 0.0507. The molecule has 0 saturated carbocycles. The number of hydrogen-bond acceptors (Lipinski definition) is 4. The molecule has 3 heterocycles. The quantitative estimate of drug-likeness (QED) is 0.795. The summed E-state index contributed by atoms with van der Waals surface area (Å²) in [7, 11) is 0. The van der Waals surface area contributed by atoms with Crippen molar-refractivity contribution in [2.75, 3.05) is 26.2 Å². The van der Waals surface area contributed by atoms with Gasteiger partial charge in [0, 0.05) is 13.1 Å². The van der Waals surface area contributed by atoms with Gasteiger partial charge in [-0.3, -0.25) is 4.79 Å². The van der Waals surface area contributed by atoms with Crippen molar-refractivity contribution in [1.29, 1.82) is 5.26 Å². The first kappa shape index (κ1) is 11.3. The van der Waals surface area contributed by atoms with Crippen LogP contribution in [0.2, 0.25) is 0 Å². The van der Waals surface area contributed by atoms with E-state index in [0.717, 1.165) is 26.2 Å². The van der Waals surface area contributed by atoms with Gasteiger partial charge in [-0.15, -0.1) is 0 Å². The Morgan fingerprint density at radius 1 is 1.39 bits per heavy atom. The van der Waals surface area contributed by atoms with Crippen molar-refractivity contribution >= 4 is 5.91 Å². The predicted molar refractivity (Wildman–Crippen MR) is 63.8 cm³/mol. The molecule has 1 aromatic heterocycles. The van der Waals surface area contributed by atoms with Crippen molar-refractivity contribution < 1.29 is 9.21 Å². The average Bonchev–Trinajstić information content (AvgIpc) is 2.86. The summed E-state index contributed by atoms with van der Waals surface area (Å²) >= 11 is 0. The number of likely N-dealkylation sites (tertiary alicyclic amines) is 1. The zero-order valence-electron chi connectivity index (χ0n) is 10.1. The van der Waals surface area contributed by atoms with Crippen LogP contribution in [-0.2, 0) is 0 Å². The van der Waals surface area contributed by atoms with Gasteiger partial charge in [0.1, 0.15) is 6.07 Å². The van der Waals surface area contributed by atoms with Gasteiger partial charge in [0.25, 0.3) is 5.91 Å². The molecule has 2 atom stereocenters. The van der Waals surface area contributed by atoms with E-state index in [9.17, 15) is 4.79 Å². The first-order valence-corrected chi connectivity index (χ1v) is 6.26. The molecule has 0 aliphatic carbocycles. The molecule has 0 radical (unpaired) electrons. The van der Waals surface area contributed by atoms with Crippen LogP contribution in [0.15, 0.2) is 16.5 Å². The van der Waals surface area contributed by atoms with Crippen LogP contribution in [-0.4, -0.2) is 37.0 Å². The van der Waals surface area contributed by atoms with Gasteiger partial charge in [-0.25, -0.2) is 0 Å². The van der Waals surface area contributed by atoms with E-state index in [0.29, 0.717) is 11.8 Å². The molecule has 0 aromatic carbocycles. The van der Waals surface area contributed by atoms with Gasteiger partial charge < -0.3 is 14.6 Å². The standard InChI is InChI=1S/C13H15N3O2/c14-4-11-1-2-12(18-11)13(17)16-7-9-3-10(8-16)6-15-5-9/h1-2,9-10,15H,3,5-8H2/t9-,10+. The lowest BCUT2D eigenvalue weighted by Crippen LogP contribution is -2.52. The smallest absolute Gasteiger partial charge is 0.289 e. The number of rotatable bonds is 1. The van der Waals surface area contributed by atoms with E-state index in [2.05, 4.69) is 5.32 Å². The molecule has 2 aliphatic rings. The molecule has 5 nitrogen and oxygen atoms in total. The Kier molecular flexibility index (Phi) is 2.80. The fraction of sp³-hybridized carbons (Fsp3) is 0.538. The topological polar surface area (TPSA) is 69.3 Å². The SMILES string of the molecule is N#Cc1ccc(C(=O)N2C[C@@H]3CNC[C@@H](C3)C2)o1. The van der Waals surface area contributed by atoms with Gasteiger partial charge in [0.15, 0.2) is 5.76 Å². The van der Waals surface area contributed by atoms with Crippen molar-refractivity contribution in [3.05, 3.63) is 23.7 Å². The molecular weight excluding hydrogens is 230 g/mol. The summed E-state index contributed by atoms with van der Waals surface area (Å²) < 4.78 is 5.20. The number of nitrogens with zero attached hydrogens (tertiary/aromatic N) is 2. The Bertz CT molecular complexity index is 491. The summed E-state index contributed by atoms with van der Waals surface area (Å²) in [6.07, 6.45) is 1.21. The van der Waals surface area contributed by atoms with E-state index in [-0.39, 0.29) is 17.4 Å². The molecule has 2 saturated heterocycles. The highest BCUT2D eigenvalue weighted by atomic mass is 16.3. The van der Waals surface area contributed by atoms with E-state index >= 15 is 0 Å². The molecule has 3 rings (SSSR count). The summed E-state index contributed by atoms with van der Waals surface area (Å²) in [6.45, 7) is 3.54. The molecule has 1 amide bonds. The van der Waals surface area contributed by atoms with E-state index < -0.39 is 0 Å². The Hall–Kier alpha value is -1.80. The first-order valence-electron chi connectivity index (χ1n) is 6.26. The maximum atomic E-state index is 12.3. The van der Waals surface area contributed by atoms with Crippen LogP contribution in [0.1, 0.15) is 22.7 Å². The van der Waals surface area contributed by atoms with Crippen molar-refractivity contribution in [3.8, 4) is 6.07 Å². The van der Waals surface area contributed by atoms with Gasteiger partial charge in [-0.05, 0) is 43.5 Å². The van der Waals surface area contributed by atoms with Crippen LogP contribution >= 0.6 is 0 Å². The fourth-order valence-corrected chi connectivity index (χ4v) is 2.94. The summed E-state index contributed by atoms with van der Waals surface area (Å²) in [5.41, 5.74) is 0. The van der Waals surface area contributed by atoms with Crippen LogP contribution in [0.5, 0.6) is 0 Å². The van der Waals surface area contributed by atoms with Crippen LogP contribution in [0, 0.1) is 23.2 Å². The first-order chi connectivity index (χ1) is 8.76. The molecule has 2 aliphatic heterocycles. The summed E-state index contributed by atoms with van der Waals surface area (Å²) in [5, 5.41) is 12.1. The van der Waals surface area contributed by atoms with Crippen molar-refractivity contribution in [2.24, 2.45) is 11.8 Å². The zero-order chi connectivity index (χ0) is 12.5. The molecular formula is C13H15N3O2. The minimum absolute atomic E-state index is 0.0897. The van der Waals surface area contributed by atoms with E-state index in [1.54, 1.807) is 12.1 Å². The molecule has 2 bridgehead atoms. The van der Waals surface area contributed by atoms with E-state index in [4.69, 9.17) is 9.68 Å². The van der Waals surface area contributed by atoms with Gasteiger partial charge in [-0.2, -0.15) is 5.26 Å². The number of fused-ring (bicyclic) bond motifs is 2. The zero-order valence-corrected chi connectivity index (χ0v) is 10.1. The number of carbonyl (C=O) groups is 1. The van der Waals surface area contributed by atoms with Crippen LogP contribution < -0.4 is 5.32 Å². The van der Waals surface area contributed by atoms with Gasteiger partial charge >= 0.3 is 0 Å². The molecule has 0 spiro atoms. The molecule has 0 unspecified atom stereocenters. The fourth-order valence-electron chi connectivity index (χ4n) is 2.94. The Morgan fingerprint density at radius 3 is 2.72 bits per heavy atom. The molecule has 94 valence electrons.